The van der Waals surface area contributed by atoms with E-state index in [4.69, 9.17) is 5.73 Å². The average molecular weight is 185 g/mol. The van der Waals surface area contributed by atoms with Crippen LogP contribution in [0.5, 0.6) is 0 Å². The van der Waals surface area contributed by atoms with Crippen molar-refractivity contribution in [3.8, 4) is 0 Å². The molecular weight excluding hydrogens is 166 g/mol. The minimum atomic E-state index is 0.557. The van der Waals surface area contributed by atoms with E-state index in [-0.39, 0.29) is 0 Å². The molecule has 70 valence electrons. The van der Waals surface area contributed by atoms with Gasteiger partial charge in [-0.05, 0) is 43.4 Å². The number of hydrogen-bond acceptors (Lipinski definition) is 2. The molecule has 0 aromatic carbocycles. The molecule has 0 amide bonds. The van der Waals surface area contributed by atoms with Crippen LogP contribution in [0.2, 0.25) is 0 Å². The molecule has 2 aliphatic rings. The first-order valence-electron chi connectivity index (χ1n) is 5.19. The summed E-state index contributed by atoms with van der Waals surface area (Å²) in [6, 6.07) is 0. The lowest BCUT2D eigenvalue weighted by Crippen LogP contribution is -2.36. The molecule has 1 saturated heterocycles. The van der Waals surface area contributed by atoms with Crippen molar-refractivity contribution in [1.29, 1.82) is 0 Å². The Kier molecular flexibility index (Phi) is 2.66. The van der Waals surface area contributed by atoms with Gasteiger partial charge in [0.25, 0.3) is 0 Å². The Morgan fingerprint density at radius 2 is 2.00 bits per heavy atom. The van der Waals surface area contributed by atoms with Gasteiger partial charge in [0.15, 0.2) is 0 Å². The molecule has 1 nitrogen and oxygen atoms in total. The van der Waals surface area contributed by atoms with Gasteiger partial charge < -0.3 is 5.73 Å². The fourth-order valence-corrected chi connectivity index (χ4v) is 4.43. The van der Waals surface area contributed by atoms with E-state index in [0.717, 1.165) is 11.8 Å². The van der Waals surface area contributed by atoms with Crippen LogP contribution in [0, 0.1) is 5.41 Å². The molecule has 2 fully saturated rings. The Balaban J connectivity index is 2.04. The molecule has 1 saturated carbocycles. The van der Waals surface area contributed by atoms with Crippen LogP contribution in [0.15, 0.2) is 0 Å². The molecule has 1 aliphatic carbocycles. The SMILES string of the molecule is NCC1(C2CCCS2)CCCC1. The van der Waals surface area contributed by atoms with E-state index in [1.807, 2.05) is 0 Å². The van der Waals surface area contributed by atoms with Crippen LogP contribution in [0.25, 0.3) is 0 Å². The van der Waals surface area contributed by atoms with Crippen molar-refractivity contribution < 1.29 is 0 Å². The van der Waals surface area contributed by atoms with Crippen molar-refractivity contribution in [3.05, 3.63) is 0 Å². The van der Waals surface area contributed by atoms with Crippen LogP contribution in [0.1, 0.15) is 38.5 Å². The van der Waals surface area contributed by atoms with Gasteiger partial charge in [0.2, 0.25) is 0 Å². The molecule has 0 aromatic rings. The van der Waals surface area contributed by atoms with Gasteiger partial charge in [0, 0.05) is 5.25 Å². The van der Waals surface area contributed by atoms with Crippen LogP contribution in [0.3, 0.4) is 0 Å². The fraction of sp³-hybridized carbons (Fsp3) is 1.00. The van der Waals surface area contributed by atoms with Gasteiger partial charge in [-0.2, -0.15) is 11.8 Å². The standard InChI is InChI=1S/C10H19NS/c11-8-10(5-1-2-6-10)9-4-3-7-12-9/h9H,1-8,11H2. The lowest BCUT2D eigenvalue weighted by Gasteiger charge is -2.33. The summed E-state index contributed by atoms with van der Waals surface area (Å²) in [5, 5.41) is 0.907. The first-order chi connectivity index (χ1) is 5.87. The van der Waals surface area contributed by atoms with Crippen LogP contribution in [-0.4, -0.2) is 17.5 Å². The summed E-state index contributed by atoms with van der Waals surface area (Å²) in [6.45, 7) is 0.935. The molecular formula is C10H19NS. The molecule has 2 rings (SSSR count). The summed E-state index contributed by atoms with van der Waals surface area (Å²) in [7, 11) is 0. The average Bonchev–Trinajstić information content (AvgIpc) is 2.76. The third-order valence-electron chi connectivity index (χ3n) is 3.62. The van der Waals surface area contributed by atoms with E-state index >= 15 is 0 Å². The van der Waals surface area contributed by atoms with Gasteiger partial charge in [-0.1, -0.05) is 12.8 Å². The Morgan fingerprint density at radius 1 is 1.25 bits per heavy atom. The topological polar surface area (TPSA) is 26.0 Å². The first kappa shape index (κ1) is 8.89. The predicted molar refractivity (Wildman–Crippen MR) is 55.4 cm³/mol. The van der Waals surface area contributed by atoms with Crippen molar-refractivity contribution >= 4 is 11.8 Å². The molecule has 2 heteroatoms. The molecule has 0 spiro atoms. The highest BCUT2D eigenvalue weighted by Crippen LogP contribution is 2.49. The lowest BCUT2D eigenvalue weighted by molar-refractivity contribution is 0.292. The Labute approximate surface area is 79.5 Å². The number of rotatable bonds is 2. The summed E-state index contributed by atoms with van der Waals surface area (Å²) in [4.78, 5) is 0. The zero-order chi connectivity index (χ0) is 8.44. The molecule has 1 atom stereocenters. The Hall–Kier alpha value is 0.310. The van der Waals surface area contributed by atoms with Gasteiger partial charge in [0.1, 0.15) is 0 Å². The van der Waals surface area contributed by atoms with Gasteiger partial charge in [-0.25, -0.2) is 0 Å². The zero-order valence-corrected chi connectivity index (χ0v) is 8.54. The normalized spacial score (nSPS) is 34.2. The van der Waals surface area contributed by atoms with E-state index in [1.54, 1.807) is 0 Å². The lowest BCUT2D eigenvalue weighted by atomic mass is 9.81. The highest BCUT2D eigenvalue weighted by Gasteiger charge is 2.41. The number of hydrogen-bond donors (Lipinski definition) is 1. The third kappa shape index (κ3) is 1.39. The van der Waals surface area contributed by atoms with E-state index in [2.05, 4.69) is 11.8 Å². The summed E-state index contributed by atoms with van der Waals surface area (Å²) < 4.78 is 0. The third-order valence-corrected chi connectivity index (χ3v) is 5.28. The second-order valence-corrected chi connectivity index (χ2v) is 5.59. The minimum absolute atomic E-state index is 0.557. The maximum absolute atomic E-state index is 5.94. The number of thioether (sulfide) groups is 1. The number of nitrogens with two attached hydrogens (primary N) is 1. The molecule has 1 heterocycles. The summed E-state index contributed by atoms with van der Waals surface area (Å²) >= 11 is 2.18. The van der Waals surface area contributed by atoms with Crippen molar-refractivity contribution in [1.82, 2.24) is 0 Å². The summed E-state index contributed by atoms with van der Waals surface area (Å²) in [6.07, 6.45) is 8.52. The highest BCUT2D eigenvalue weighted by molar-refractivity contribution is 8.00. The molecule has 1 unspecified atom stereocenters. The molecule has 0 bridgehead atoms. The van der Waals surface area contributed by atoms with Crippen molar-refractivity contribution in [2.75, 3.05) is 12.3 Å². The molecule has 12 heavy (non-hydrogen) atoms. The maximum atomic E-state index is 5.94. The second kappa shape index (κ2) is 3.59. The van der Waals surface area contributed by atoms with Crippen molar-refractivity contribution in [3.63, 3.8) is 0 Å². The van der Waals surface area contributed by atoms with Crippen LogP contribution in [-0.2, 0) is 0 Å². The fourth-order valence-electron chi connectivity index (χ4n) is 2.80. The monoisotopic (exact) mass is 185 g/mol. The minimum Gasteiger partial charge on any atom is -0.330 e. The molecule has 0 radical (unpaired) electrons. The van der Waals surface area contributed by atoms with E-state index < -0.39 is 0 Å². The highest BCUT2D eigenvalue weighted by atomic mass is 32.2. The van der Waals surface area contributed by atoms with E-state index in [9.17, 15) is 0 Å². The molecule has 0 aromatic heterocycles. The second-order valence-electron chi connectivity index (χ2n) is 4.28. The van der Waals surface area contributed by atoms with Gasteiger partial charge >= 0.3 is 0 Å². The smallest absolute Gasteiger partial charge is 0.0116 e. The largest absolute Gasteiger partial charge is 0.330 e. The van der Waals surface area contributed by atoms with E-state index in [1.165, 1.54) is 44.3 Å². The van der Waals surface area contributed by atoms with E-state index in [0.29, 0.717) is 5.41 Å². The van der Waals surface area contributed by atoms with Gasteiger partial charge in [0.05, 0.1) is 0 Å². The molecule has 2 N–H and O–H groups in total. The zero-order valence-electron chi connectivity index (χ0n) is 7.72. The quantitative estimate of drug-likeness (QED) is 0.715. The summed E-state index contributed by atoms with van der Waals surface area (Å²) in [5.41, 5.74) is 6.49. The molecule has 1 aliphatic heterocycles. The predicted octanol–water partition coefficient (Wildman–Crippen LogP) is 2.40. The van der Waals surface area contributed by atoms with Crippen LogP contribution < -0.4 is 5.73 Å². The van der Waals surface area contributed by atoms with Crippen molar-refractivity contribution in [2.45, 2.75) is 43.8 Å². The van der Waals surface area contributed by atoms with Gasteiger partial charge in [-0.3, -0.25) is 0 Å². The van der Waals surface area contributed by atoms with Gasteiger partial charge in [-0.15, -0.1) is 0 Å². The van der Waals surface area contributed by atoms with Crippen LogP contribution in [0.4, 0.5) is 0 Å². The van der Waals surface area contributed by atoms with Crippen LogP contribution >= 0.6 is 11.8 Å². The van der Waals surface area contributed by atoms with Crippen molar-refractivity contribution in [2.24, 2.45) is 11.1 Å². The Bertz CT molecular complexity index is 146. The maximum Gasteiger partial charge on any atom is 0.0116 e. The summed E-state index contributed by atoms with van der Waals surface area (Å²) in [5.74, 6) is 1.38. The Morgan fingerprint density at radius 3 is 2.50 bits per heavy atom. The first-order valence-corrected chi connectivity index (χ1v) is 6.24.